The van der Waals surface area contributed by atoms with Crippen molar-refractivity contribution in [3.63, 3.8) is 0 Å². The smallest absolute Gasteiger partial charge is 0.240 e. The van der Waals surface area contributed by atoms with Gasteiger partial charge in [-0.3, -0.25) is 9.59 Å². The van der Waals surface area contributed by atoms with E-state index in [1.54, 1.807) is 0 Å². The van der Waals surface area contributed by atoms with Crippen LogP contribution in [0.1, 0.15) is 31.8 Å². The molecule has 26 heavy (non-hydrogen) atoms. The number of benzene rings is 2. The molecule has 2 aromatic carbocycles. The van der Waals surface area contributed by atoms with E-state index in [4.69, 9.17) is 0 Å². The van der Waals surface area contributed by atoms with E-state index in [2.05, 4.69) is 9.44 Å². The highest BCUT2D eigenvalue weighted by molar-refractivity contribution is 7.89. The predicted octanol–water partition coefficient (Wildman–Crippen LogP) is 0.278. The molecule has 0 aromatic heterocycles. The lowest BCUT2D eigenvalue weighted by atomic mass is 9.84. The molecule has 0 radical (unpaired) electrons. The number of ketones is 2. The minimum atomic E-state index is -3.78. The van der Waals surface area contributed by atoms with Crippen LogP contribution >= 0.6 is 0 Å². The lowest BCUT2D eigenvalue weighted by molar-refractivity contribution is 0.0978. The van der Waals surface area contributed by atoms with Gasteiger partial charge in [0.15, 0.2) is 11.6 Å². The van der Waals surface area contributed by atoms with Crippen LogP contribution in [0, 0.1) is 0 Å². The first-order valence-electron chi connectivity index (χ1n) is 7.37. The standard InChI is InChI=1S/C16H14N2O6S2/c1-17-25(21,22)9-3-5-11-13(7-9)15(19)12-6-4-10(26(23,24)18-2)8-14(12)16(11)20/h3-8,17-18H,1-2H3. The van der Waals surface area contributed by atoms with Crippen molar-refractivity contribution in [1.29, 1.82) is 0 Å². The predicted molar refractivity (Wildman–Crippen MR) is 92.2 cm³/mol. The van der Waals surface area contributed by atoms with E-state index in [0.29, 0.717) is 0 Å². The summed E-state index contributed by atoms with van der Waals surface area (Å²) < 4.78 is 52.0. The van der Waals surface area contributed by atoms with Crippen LogP contribution in [0.2, 0.25) is 0 Å². The highest BCUT2D eigenvalue weighted by atomic mass is 32.2. The maximum absolute atomic E-state index is 12.7. The number of carbonyl (C=O) groups excluding carboxylic acids is 2. The minimum Gasteiger partial charge on any atom is -0.289 e. The zero-order valence-corrected chi connectivity index (χ0v) is 15.4. The molecule has 0 bridgehead atoms. The van der Waals surface area contributed by atoms with Crippen LogP contribution in [0.4, 0.5) is 0 Å². The number of sulfonamides is 2. The van der Waals surface area contributed by atoms with Crippen molar-refractivity contribution in [3.8, 4) is 0 Å². The second kappa shape index (κ2) is 6.09. The number of nitrogens with one attached hydrogen (secondary N) is 2. The number of rotatable bonds is 4. The minimum absolute atomic E-state index is 0.0246. The van der Waals surface area contributed by atoms with Crippen LogP contribution in [-0.4, -0.2) is 42.5 Å². The number of fused-ring (bicyclic) bond motifs is 2. The first-order chi connectivity index (χ1) is 12.1. The quantitative estimate of drug-likeness (QED) is 0.654. The fourth-order valence-electron chi connectivity index (χ4n) is 2.68. The zero-order valence-electron chi connectivity index (χ0n) is 13.7. The van der Waals surface area contributed by atoms with Gasteiger partial charge in [0.1, 0.15) is 0 Å². The van der Waals surface area contributed by atoms with E-state index < -0.39 is 31.6 Å². The average Bonchev–Trinajstić information content (AvgIpc) is 2.65. The summed E-state index contributed by atoms with van der Waals surface area (Å²) in [6, 6.07) is 7.22. The fraction of sp³-hybridized carbons (Fsp3) is 0.125. The SMILES string of the molecule is CNS(=O)(=O)c1ccc2c(c1)C(=O)c1ccc(S(=O)(=O)NC)cc1C2=O. The van der Waals surface area contributed by atoms with Crippen molar-refractivity contribution in [2.24, 2.45) is 0 Å². The largest absolute Gasteiger partial charge is 0.289 e. The summed E-state index contributed by atoms with van der Waals surface area (Å²) in [6.07, 6.45) is 0. The maximum atomic E-state index is 12.7. The third-order valence-corrected chi connectivity index (χ3v) is 6.94. The summed E-state index contributed by atoms with van der Waals surface area (Å²) in [5.41, 5.74) is -0.0285. The van der Waals surface area contributed by atoms with Crippen molar-refractivity contribution >= 4 is 31.6 Å². The van der Waals surface area contributed by atoms with Gasteiger partial charge in [-0.1, -0.05) is 0 Å². The van der Waals surface area contributed by atoms with E-state index in [0.717, 1.165) is 12.1 Å². The van der Waals surface area contributed by atoms with Gasteiger partial charge in [-0.25, -0.2) is 26.3 Å². The highest BCUT2D eigenvalue weighted by Gasteiger charge is 2.32. The second-order valence-corrected chi connectivity index (χ2v) is 9.26. The van der Waals surface area contributed by atoms with Crippen LogP contribution < -0.4 is 9.44 Å². The van der Waals surface area contributed by atoms with E-state index in [9.17, 15) is 26.4 Å². The van der Waals surface area contributed by atoms with Gasteiger partial charge in [0.2, 0.25) is 20.0 Å². The van der Waals surface area contributed by atoms with Gasteiger partial charge in [0.05, 0.1) is 9.79 Å². The van der Waals surface area contributed by atoms with Gasteiger partial charge in [-0.2, -0.15) is 0 Å². The molecule has 0 saturated carbocycles. The van der Waals surface area contributed by atoms with Gasteiger partial charge in [-0.05, 0) is 50.5 Å². The maximum Gasteiger partial charge on any atom is 0.240 e. The van der Waals surface area contributed by atoms with Crippen LogP contribution in [0.15, 0.2) is 46.2 Å². The molecule has 2 N–H and O–H groups in total. The number of hydrogen-bond acceptors (Lipinski definition) is 6. The van der Waals surface area contributed by atoms with Crippen molar-refractivity contribution in [1.82, 2.24) is 9.44 Å². The molecule has 10 heteroatoms. The van der Waals surface area contributed by atoms with E-state index in [1.165, 1.54) is 38.4 Å². The summed E-state index contributed by atoms with van der Waals surface area (Å²) in [5, 5.41) is 0. The van der Waals surface area contributed by atoms with Gasteiger partial charge in [-0.15, -0.1) is 0 Å². The Hall–Kier alpha value is -2.40. The summed E-state index contributed by atoms with van der Waals surface area (Å²) in [6.45, 7) is 0. The monoisotopic (exact) mass is 394 g/mol. The van der Waals surface area contributed by atoms with Crippen LogP contribution in [0.3, 0.4) is 0 Å². The lowest BCUT2D eigenvalue weighted by Crippen LogP contribution is -2.25. The first kappa shape index (κ1) is 18.4. The molecule has 0 unspecified atom stereocenters. The molecule has 0 spiro atoms. The Bertz CT molecular complexity index is 1070. The molecule has 8 nitrogen and oxygen atoms in total. The van der Waals surface area contributed by atoms with E-state index >= 15 is 0 Å². The second-order valence-electron chi connectivity index (χ2n) is 5.49. The number of carbonyl (C=O) groups is 2. The average molecular weight is 394 g/mol. The summed E-state index contributed by atoms with van der Waals surface area (Å²) >= 11 is 0. The molecule has 0 saturated heterocycles. The Kier molecular flexibility index (Phi) is 4.31. The van der Waals surface area contributed by atoms with Gasteiger partial charge >= 0.3 is 0 Å². The van der Waals surface area contributed by atoms with Crippen molar-refractivity contribution in [2.45, 2.75) is 9.79 Å². The molecule has 0 atom stereocenters. The molecule has 136 valence electrons. The van der Waals surface area contributed by atoms with Crippen molar-refractivity contribution in [3.05, 3.63) is 58.7 Å². The molecular formula is C16H14N2O6S2. The van der Waals surface area contributed by atoms with Gasteiger partial charge in [0.25, 0.3) is 0 Å². The Morgan fingerprint density at radius 1 is 0.615 bits per heavy atom. The topological polar surface area (TPSA) is 126 Å². The molecule has 1 aliphatic rings. The zero-order chi connectivity index (χ0) is 19.3. The molecule has 0 amide bonds. The number of hydrogen-bond donors (Lipinski definition) is 2. The molecule has 0 fully saturated rings. The van der Waals surface area contributed by atoms with Crippen LogP contribution in [-0.2, 0) is 20.0 Å². The first-order valence-corrected chi connectivity index (χ1v) is 10.3. The third kappa shape index (κ3) is 2.76. The van der Waals surface area contributed by atoms with Gasteiger partial charge < -0.3 is 0 Å². The normalized spacial score (nSPS) is 14.1. The molecule has 2 aromatic rings. The summed E-state index contributed by atoms with van der Waals surface area (Å²) in [4.78, 5) is 25.2. The van der Waals surface area contributed by atoms with E-state index in [-0.39, 0.29) is 32.0 Å². The van der Waals surface area contributed by atoms with Crippen molar-refractivity contribution < 1.29 is 26.4 Å². The molecule has 0 heterocycles. The Labute approximate surface area is 150 Å². The molecular weight excluding hydrogens is 380 g/mol. The summed E-state index contributed by atoms with van der Waals surface area (Å²) in [5.74, 6) is -1.09. The Balaban J connectivity index is 2.20. The third-order valence-electron chi connectivity index (χ3n) is 4.12. The van der Waals surface area contributed by atoms with Gasteiger partial charge in [0, 0.05) is 22.3 Å². The molecule has 0 aliphatic heterocycles. The Morgan fingerprint density at radius 2 is 0.962 bits per heavy atom. The van der Waals surface area contributed by atoms with Crippen LogP contribution in [0.5, 0.6) is 0 Å². The van der Waals surface area contributed by atoms with Crippen molar-refractivity contribution in [2.75, 3.05) is 14.1 Å². The van der Waals surface area contributed by atoms with E-state index in [1.807, 2.05) is 0 Å². The molecule has 3 rings (SSSR count). The Morgan fingerprint density at radius 3 is 1.27 bits per heavy atom. The summed E-state index contributed by atoms with van der Waals surface area (Å²) in [7, 11) is -5.09. The fourth-order valence-corrected chi connectivity index (χ4v) is 4.19. The van der Waals surface area contributed by atoms with Crippen LogP contribution in [0.25, 0.3) is 0 Å². The highest BCUT2D eigenvalue weighted by Crippen LogP contribution is 2.30. The lowest BCUT2D eigenvalue weighted by Gasteiger charge is -2.19. The molecule has 1 aliphatic carbocycles.